The average molecular weight is 128 g/mol. The van der Waals surface area contributed by atoms with Gasteiger partial charge in [-0.25, -0.2) is 0 Å². The molecule has 0 amide bonds. The molecule has 0 aliphatic carbocycles. The molecule has 0 aromatic heterocycles. The number of aliphatic hydroxyl groups excluding tert-OH is 1. The van der Waals surface area contributed by atoms with Crippen LogP contribution in [0, 0.1) is 5.92 Å². The largest absolute Gasteiger partial charge is 0.389 e. The summed E-state index contributed by atoms with van der Waals surface area (Å²) in [5.41, 5.74) is 0.865. The highest BCUT2D eigenvalue weighted by Gasteiger charge is 2.05. The van der Waals surface area contributed by atoms with Crippen LogP contribution in [0.3, 0.4) is 0 Å². The van der Waals surface area contributed by atoms with Gasteiger partial charge in [0.25, 0.3) is 0 Å². The molecule has 54 valence electrons. The van der Waals surface area contributed by atoms with E-state index in [1.807, 2.05) is 6.92 Å². The van der Waals surface area contributed by atoms with Crippen molar-refractivity contribution in [1.29, 1.82) is 0 Å². The third-order valence-corrected chi connectivity index (χ3v) is 1.26. The Balaban J connectivity index is 3.50. The van der Waals surface area contributed by atoms with Crippen molar-refractivity contribution in [3.63, 3.8) is 0 Å². The lowest BCUT2D eigenvalue weighted by molar-refractivity contribution is 0.183. The van der Waals surface area contributed by atoms with E-state index in [1.165, 1.54) is 0 Å². The molecule has 0 saturated heterocycles. The Hall–Kier alpha value is -0.300. The Kier molecular flexibility index (Phi) is 3.55. The summed E-state index contributed by atoms with van der Waals surface area (Å²) in [6.45, 7) is 9.69. The van der Waals surface area contributed by atoms with E-state index in [2.05, 4.69) is 20.4 Å². The Morgan fingerprint density at radius 2 is 2.00 bits per heavy atom. The minimum Gasteiger partial charge on any atom is -0.389 e. The average Bonchev–Trinajstić information content (AvgIpc) is 1.63. The van der Waals surface area contributed by atoms with Gasteiger partial charge in [0.1, 0.15) is 0 Å². The summed E-state index contributed by atoms with van der Waals surface area (Å²) in [7, 11) is 0. The van der Waals surface area contributed by atoms with E-state index >= 15 is 0 Å². The zero-order valence-electron chi connectivity index (χ0n) is 6.52. The Labute approximate surface area is 57.4 Å². The van der Waals surface area contributed by atoms with Crippen LogP contribution in [0.2, 0.25) is 0 Å². The quantitative estimate of drug-likeness (QED) is 0.576. The molecule has 0 heterocycles. The molecule has 1 nitrogen and oxygen atoms in total. The predicted molar refractivity (Wildman–Crippen MR) is 40.3 cm³/mol. The maximum atomic E-state index is 9.20. The van der Waals surface area contributed by atoms with E-state index in [0.717, 1.165) is 12.0 Å². The molecule has 9 heavy (non-hydrogen) atoms. The van der Waals surface area contributed by atoms with Gasteiger partial charge in [-0.05, 0) is 19.3 Å². The summed E-state index contributed by atoms with van der Waals surface area (Å²) in [6.07, 6.45) is 0.528. The van der Waals surface area contributed by atoms with E-state index in [1.54, 1.807) is 0 Å². The van der Waals surface area contributed by atoms with Crippen molar-refractivity contribution < 1.29 is 5.11 Å². The van der Waals surface area contributed by atoms with Gasteiger partial charge < -0.3 is 5.11 Å². The molecule has 0 rings (SSSR count). The molecule has 1 unspecified atom stereocenters. The Morgan fingerprint density at radius 1 is 1.56 bits per heavy atom. The summed E-state index contributed by atoms with van der Waals surface area (Å²) >= 11 is 0. The van der Waals surface area contributed by atoms with Crippen LogP contribution in [0.25, 0.3) is 0 Å². The fourth-order valence-electron chi connectivity index (χ4n) is 0.648. The van der Waals surface area contributed by atoms with Crippen molar-refractivity contribution in [3.8, 4) is 0 Å². The van der Waals surface area contributed by atoms with Crippen LogP contribution >= 0.6 is 0 Å². The van der Waals surface area contributed by atoms with Gasteiger partial charge in [-0.3, -0.25) is 0 Å². The molecular weight excluding hydrogens is 112 g/mol. The molecule has 1 heteroatoms. The summed E-state index contributed by atoms with van der Waals surface area (Å²) in [5.74, 6) is 0.552. The molecule has 0 fully saturated rings. The molecule has 1 atom stereocenters. The first kappa shape index (κ1) is 8.70. The summed E-state index contributed by atoms with van der Waals surface area (Å²) in [4.78, 5) is 0. The number of hydrogen-bond acceptors (Lipinski definition) is 1. The second kappa shape index (κ2) is 3.67. The second-order valence-corrected chi connectivity index (χ2v) is 2.99. The molecule has 0 radical (unpaired) electrons. The first-order valence-electron chi connectivity index (χ1n) is 3.37. The third-order valence-electron chi connectivity index (χ3n) is 1.26. The van der Waals surface area contributed by atoms with Gasteiger partial charge in [0, 0.05) is 0 Å². The topological polar surface area (TPSA) is 20.2 Å². The van der Waals surface area contributed by atoms with E-state index in [9.17, 15) is 5.11 Å². The molecule has 0 saturated carbocycles. The van der Waals surface area contributed by atoms with Gasteiger partial charge in [-0.15, -0.1) is 0 Å². The zero-order chi connectivity index (χ0) is 7.44. The van der Waals surface area contributed by atoms with Crippen LogP contribution in [-0.2, 0) is 0 Å². The van der Waals surface area contributed by atoms with E-state index < -0.39 is 0 Å². The first-order chi connectivity index (χ1) is 4.04. The van der Waals surface area contributed by atoms with E-state index in [-0.39, 0.29) is 6.10 Å². The minimum absolute atomic E-state index is 0.301. The van der Waals surface area contributed by atoms with Gasteiger partial charge in [0.05, 0.1) is 6.10 Å². The fraction of sp³-hybridized carbons (Fsp3) is 0.750. The lowest BCUT2D eigenvalue weighted by Crippen LogP contribution is -2.10. The first-order valence-corrected chi connectivity index (χ1v) is 3.37. The highest BCUT2D eigenvalue weighted by atomic mass is 16.3. The molecule has 0 aliphatic heterocycles. The van der Waals surface area contributed by atoms with Crippen molar-refractivity contribution in [2.75, 3.05) is 0 Å². The number of aliphatic hydroxyl groups is 1. The monoisotopic (exact) mass is 128 g/mol. The molecule has 1 N–H and O–H groups in total. The van der Waals surface area contributed by atoms with Crippen molar-refractivity contribution in [2.45, 2.75) is 33.3 Å². The van der Waals surface area contributed by atoms with Crippen molar-refractivity contribution in [1.82, 2.24) is 0 Å². The lowest BCUT2D eigenvalue weighted by Gasteiger charge is -2.11. The highest BCUT2D eigenvalue weighted by molar-refractivity contribution is 4.96. The number of rotatable bonds is 3. The van der Waals surface area contributed by atoms with Crippen LogP contribution < -0.4 is 0 Å². The van der Waals surface area contributed by atoms with Crippen LogP contribution in [0.15, 0.2) is 12.2 Å². The normalized spacial score (nSPS) is 13.9. The van der Waals surface area contributed by atoms with Crippen LogP contribution in [0.4, 0.5) is 0 Å². The van der Waals surface area contributed by atoms with Crippen molar-refractivity contribution >= 4 is 0 Å². The maximum Gasteiger partial charge on any atom is 0.0747 e. The Morgan fingerprint density at radius 3 is 2.11 bits per heavy atom. The fourth-order valence-corrected chi connectivity index (χ4v) is 0.648. The van der Waals surface area contributed by atoms with E-state index in [0.29, 0.717) is 5.92 Å². The lowest BCUT2D eigenvalue weighted by atomic mass is 10.0. The maximum absolute atomic E-state index is 9.20. The molecular formula is C8H16O. The summed E-state index contributed by atoms with van der Waals surface area (Å²) < 4.78 is 0. The predicted octanol–water partition coefficient (Wildman–Crippen LogP) is 1.97. The SMILES string of the molecule is C=C(C)C(O)CC(C)C. The van der Waals surface area contributed by atoms with Crippen LogP contribution in [0.1, 0.15) is 27.2 Å². The molecule has 0 aromatic carbocycles. The van der Waals surface area contributed by atoms with Crippen LogP contribution in [0.5, 0.6) is 0 Å². The zero-order valence-corrected chi connectivity index (χ0v) is 6.52. The summed E-state index contributed by atoms with van der Waals surface area (Å²) in [5, 5.41) is 9.20. The van der Waals surface area contributed by atoms with Gasteiger partial charge >= 0.3 is 0 Å². The van der Waals surface area contributed by atoms with E-state index in [4.69, 9.17) is 0 Å². The third kappa shape index (κ3) is 4.22. The molecule has 0 aromatic rings. The summed E-state index contributed by atoms with van der Waals surface area (Å²) in [6, 6.07) is 0. The van der Waals surface area contributed by atoms with Crippen molar-refractivity contribution in [2.24, 2.45) is 5.92 Å². The standard InChI is InChI=1S/C8H16O/c1-6(2)5-8(9)7(3)4/h6,8-9H,3,5H2,1-2,4H3. The van der Waals surface area contributed by atoms with Crippen LogP contribution in [-0.4, -0.2) is 11.2 Å². The molecule has 0 aliphatic rings. The highest BCUT2D eigenvalue weighted by Crippen LogP contribution is 2.09. The molecule has 0 spiro atoms. The van der Waals surface area contributed by atoms with Gasteiger partial charge in [-0.1, -0.05) is 26.0 Å². The molecule has 0 bridgehead atoms. The van der Waals surface area contributed by atoms with Gasteiger partial charge in [-0.2, -0.15) is 0 Å². The number of hydrogen-bond donors (Lipinski definition) is 1. The van der Waals surface area contributed by atoms with Gasteiger partial charge in [0.15, 0.2) is 0 Å². The van der Waals surface area contributed by atoms with Crippen molar-refractivity contribution in [3.05, 3.63) is 12.2 Å². The van der Waals surface area contributed by atoms with Gasteiger partial charge in [0.2, 0.25) is 0 Å². The smallest absolute Gasteiger partial charge is 0.0747 e. The Bertz CT molecular complexity index is 94.7. The second-order valence-electron chi connectivity index (χ2n) is 2.99. The minimum atomic E-state index is -0.301.